The van der Waals surface area contributed by atoms with E-state index in [0.717, 1.165) is 10.5 Å². The van der Waals surface area contributed by atoms with Crippen molar-refractivity contribution < 1.29 is 28.7 Å². The Kier molecular flexibility index (Phi) is 7.48. The van der Waals surface area contributed by atoms with Crippen LogP contribution in [-0.4, -0.2) is 48.3 Å². The molecule has 0 bridgehead atoms. The molecule has 0 spiro atoms. The highest BCUT2D eigenvalue weighted by molar-refractivity contribution is 6.22. The maximum absolute atomic E-state index is 13.0. The normalized spacial score (nSPS) is 15.5. The van der Waals surface area contributed by atoms with Gasteiger partial charge in [0.2, 0.25) is 0 Å². The number of imide groups is 1. The van der Waals surface area contributed by atoms with Gasteiger partial charge in [0.15, 0.2) is 6.61 Å². The summed E-state index contributed by atoms with van der Waals surface area (Å²) in [5.41, 5.74) is 1.29. The number of methoxy groups -OCH3 is 1. The van der Waals surface area contributed by atoms with E-state index in [1.807, 2.05) is 25.1 Å². The largest absolute Gasteiger partial charge is 0.496 e. The zero-order chi connectivity index (χ0) is 24.1. The number of amides is 3. The van der Waals surface area contributed by atoms with Gasteiger partial charge in [-0.2, -0.15) is 0 Å². The third kappa shape index (κ3) is 4.89. The zero-order valence-electron chi connectivity index (χ0n) is 19.2. The Hall–Kier alpha value is -3.68. The van der Waals surface area contributed by atoms with Crippen molar-refractivity contribution in [3.8, 4) is 5.75 Å². The Labute approximate surface area is 192 Å². The molecule has 2 aromatic rings. The van der Waals surface area contributed by atoms with Crippen LogP contribution in [0.15, 0.2) is 48.5 Å². The minimum absolute atomic E-state index is 0.256. The fourth-order valence-corrected chi connectivity index (χ4v) is 3.88. The molecule has 1 aliphatic rings. The maximum atomic E-state index is 13.0. The molecule has 3 rings (SSSR count). The van der Waals surface area contributed by atoms with Gasteiger partial charge < -0.3 is 14.8 Å². The summed E-state index contributed by atoms with van der Waals surface area (Å²) in [6, 6.07) is 12.2. The molecule has 0 aliphatic carbocycles. The van der Waals surface area contributed by atoms with E-state index in [0.29, 0.717) is 12.2 Å². The second-order valence-corrected chi connectivity index (χ2v) is 8.00. The Morgan fingerprint density at radius 1 is 0.970 bits per heavy atom. The number of benzene rings is 2. The fourth-order valence-electron chi connectivity index (χ4n) is 3.88. The number of rotatable bonds is 9. The molecule has 0 saturated carbocycles. The molecule has 0 aromatic heterocycles. The lowest BCUT2D eigenvalue weighted by Gasteiger charge is -2.29. The SMILES string of the molecule is CC[C@H](C)[C@@H](C(=O)OCC(=O)NC(C)c1ccccc1OC)N1C(=O)c2ccccc2C1=O. The first kappa shape index (κ1) is 24.0. The standard InChI is InChI=1S/C25H28N2O6/c1-5-15(2)22(27-23(29)18-11-6-7-12-19(18)24(27)30)25(31)33-14-21(28)26-16(3)17-10-8-9-13-20(17)32-4/h6-13,15-16,22H,5,14H2,1-4H3,(H,26,28)/t15-,16?,22-/m0/s1. The van der Waals surface area contributed by atoms with Crippen LogP contribution >= 0.6 is 0 Å². The summed E-state index contributed by atoms with van der Waals surface area (Å²) in [4.78, 5) is 52.1. The van der Waals surface area contributed by atoms with E-state index < -0.39 is 36.3 Å². The molecule has 1 aliphatic heterocycles. The lowest BCUT2D eigenvalue weighted by molar-refractivity contribution is -0.154. The molecule has 33 heavy (non-hydrogen) atoms. The minimum Gasteiger partial charge on any atom is -0.496 e. The molecule has 3 atom stereocenters. The Morgan fingerprint density at radius 2 is 1.55 bits per heavy atom. The summed E-state index contributed by atoms with van der Waals surface area (Å²) in [5.74, 6) is -2.09. The van der Waals surface area contributed by atoms with Crippen molar-refractivity contribution in [2.24, 2.45) is 5.92 Å². The Bertz CT molecular complexity index is 1030. The molecule has 8 nitrogen and oxygen atoms in total. The number of hydrogen-bond donors (Lipinski definition) is 1. The molecule has 0 saturated heterocycles. The van der Waals surface area contributed by atoms with E-state index in [9.17, 15) is 19.2 Å². The molecule has 1 N–H and O–H groups in total. The van der Waals surface area contributed by atoms with Gasteiger partial charge in [-0.1, -0.05) is 50.6 Å². The van der Waals surface area contributed by atoms with Gasteiger partial charge in [-0.3, -0.25) is 19.3 Å². The molecule has 2 aromatic carbocycles. The summed E-state index contributed by atoms with van der Waals surface area (Å²) in [5, 5.41) is 2.77. The first-order chi connectivity index (χ1) is 15.8. The van der Waals surface area contributed by atoms with Crippen LogP contribution in [0.4, 0.5) is 0 Å². The van der Waals surface area contributed by atoms with Crippen LogP contribution in [-0.2, 0) is 14.3 Å². The average Bonchev–Trinajstić information content (AvgIpc) is 3.08. The van der Waals surface area contributed by atoms with Gasteiger partial charge >= 0.3 is 5.97 Å². The van der Waals surface area contributed by atoms with Crippen LogP contribution in [0.25, 0.3) is 0 Å². The third-order valence-corrected chi connectivity index (χ3v) is 5.86. The van der Waals surface area contributed by atoms with Crippen LogP contribution < -0.4 is 10.1 Å². The van der Waals surface area contributed by atoms with Gasteiger partial charge in [0.25, 0.3) is 17.7 Å². The number of fused-ring (bicyclic) bond motifs is 1. The molecular weight excluding hydrogens is 424 g/mol. The van der Waals surface area contributed by atoms with Gasteiger partial charge in [-0.05, 0) is 31.0 Å². The predicted molar refractivity (Wildman–Crippen MR) is 121 cm³/mol. The lowest BCUT2D eigenvalue weighted by atomic mass is 9.97. The van der Waals surface area contributed by atoms with Crippen LogP contribution in [0.5, 0.6) is 5.75 Å². The van der Waals surface area contributed by atoms with E-state index in [4.69, 9.17) is 9.47 Å². The summed E-state index contributed by atoms with van der Waals surface area (Å²) in [7, 11) is 1.55. The third-order valence-electron chi connectivity index (χ3n) is 5.86. The van der Waals surface area contributed by atoms with Crippen molar-refractivity contribution >= 4 is 23.7 Å². The second-order valence-electron chi connectivity index (χ2n) is 8.00. The van der Waals surface area contributed by atoms with Crippen LogP contribution in [0.3, 0.4) is 0 Å². The van der Waals surface area contributed by atoms with Crippen LogP contribution in [0.1, 0.15) is 59.5 Å². The molecule has 0 radical (unpaired) electrons. The smallest absolute Gasteiger partial charge is 0.330 e. The van der Waals surface area contributed by atoms with Gasteiger partial charge in [0, 0.05) is 5.56 Å². The van der Waals surface area contributed by atoms with Crippen molar-refractivity contribution in [3.63, 3.8) is 0 Å². The van der Waals surface area contributed by atoms with Gasteiger partial charge in [0.1, 0.15) is 11.8 Å². The number of ether oxygens (including phenoxy) is 2. The minimum atomic E-state index is -1.12. The zero-order valence-corrected chi connectivity index (χ0v) is 19.2. The van der Waals surface area contributed by atoms with Crippen molar-refractivity contribution in [2.75, 3.05) is 13.7 Å². The summed E-state index contributed by atoms with van der Waals surface area (Å²) in [6.07, 6.45) is 0.532. The second kappa shape index (κ2) is 10.3. The molecule has 1 unspecified atom stereocenters. The quantitative estimate of drug-likeness (QED) is 0.463. The van der Waals surface area contributed by atoms with E-state index in [-0.39, 0.29) is 23.1 Å². The highest BCUT2D eigenvalue weighted by Crippen LogP contribution is 2.29. The number of hydrogen-bond acceptors (Lipinski definition) is 6. The van der Waals surface area contributed by atoms with Gasteiger partial charge in [0.05, 0.1) is 24.3 Å². The van der Waals surface area contributed by atoms with Crippen molar-refractivity contribution in [3.05, 3.63) is 65.2 Å². The highest BCUT2D eigenvalue weighted by Gasteiger charge is 2.45. The highest BCUT2D eigenvalue weighted by atomic mass is 16.5. The Morgan fingerprint density at radius 3 is 2.12 bits per heavy atom. The predicted octanol–water partition coefficient (Wildman–Crippen LogP) is 3.13. The van der Waals surface area contributed by atoms with E-state index in [2.05, 4.69) is 5.32 Å². The van der Waals surface area contributed by atoms with Crippen molar-refractivity contribution in [1.82, 2.24) is 10.2 Å². The summed E-state index contributed by atoms with van der Waals surface area (Å²) in [6.45, 7) is 4.87. The molecule has 174 valence electrons. The number of para-hydroxylation sites is 1. The molecule has 1 heterocycles. The summed E-state index contributed by atoms with van der Waals surface area (Å²) < 4.78 is 10.6. The maximum Gasteiger partial charge on any atom is 0.330 e. The number of nitrogens with one attached hydrogen (secondary N) is 1. The van der Waals surface area contributed by atoms with E-state index >= 15 is 0 Å². The number of carbonyl (C=O) groups excluding carboxylic acids is 4. The molecule has 3 amide bonds. The van der Waals surface area contributed by atoms with Gasteiger partial charge in [-0.15, -0.1) is 0 Å². The van der Waals surface area contributed by atoms with Crippen LogP contribution in [0, 0.1) is 5.92 Å². The fraction of sp³-hybridized carbons (Fsp3) is 0.360. The van der Waals surface area contributed by atoms with E-state index in [1.165, 1.54) is 0 Å². The molecule has 8 heteroatoms. The van der Waals surface area contributed by atoms with Crippen molar-refractivity contribution in [2.45, 2.75) is 39.3 Å². The van der Waals surface area contributed by atoms with E-state index in [1.54, 1.807) is 51.3 Å². The summed E-state index contributed by atoms with van der Waals surface area (Å²) >= 11 is 0. The average molecular weight is 453 g/mol. The van der Waals surface area contributed by atoms with Gasteiger partial charge in [-0.25, -0.2) is 4.79 Å². The number of carbonyl (C=O) groups is 4. The Balaban J connectivity index is 1.68. The molecular formula is C25H28N2O6. The first-order valence-corrected chi connectivity index (χ1v) is 10.9. The van der Waals surface area contributed by atoms with Crippen LogP contribution in [0.2, 0.25) is 0 Å². The number of esters is 1. The topological polar surface area (TPSA) is 102 Å². The lowest BCUT2D eigenvalue weighted by Crippen LogP contribution is -2.49. The monoisotopic (exact) mass is 452 g/mol. The van der Waals surface area contributed by atoms with Crippen molar-refractivity contribution in [1.29, 1.82) is 0 Å². The number of nitrogens with zero attached hydrogens (tertiary/aromatic N) is 1. The first-order valence-electron chi connectivity index (χ1n) is 10.9. The molecule has 0 fully saturated rings.